The van der Waals surface area contributed by atoms with Gasteiger partial charge in [-0.25, -0.2) is 4.79 Å². The van der Waals surface area contributed by atoms with Crippen LogP contribution >= 0.6 is 0 Å². The number of benzene rings is 2. The van der Waals surface area contributed by atoms with Crippen molar-refractivity contribution in [2.75, 3.05) is 26.3 Å². The van der Waals surface area contributed by atoms with Crippen molar-refractivity contribution in [2.24, 2.45) is 5.41 Å². The first-order valence-electron chi connectivity index (χ1n) is 10.5. The highest BCUT2D eigenvalue weighted by Crippen LogP contribution is 2.54. The van der Waals surface area contributed by atoms with Crippen molar-refractivity contribution in [3.8, 4) is 0 Å². The third-order valence-corrected chi connectivity index (χ3v) is 6.60. The van der Waals surface area contributed by atoms with Gasteiger partial charge in [-0.05, 0) is 42.5 Å². The lowest BCUT2D eigenvalue weighted by Crippen LogP contribution is -2.64. The molecule has 29 heavy (non-hydrogen) atoms. The van der Waals surface area contributed by atoms with Gasteiger partial charge >= 0.3 is 6.03 Å². The number of nitrogens with one attached hydrogen (secondary N) is 2. The highest BCUT2D eigenvalue weighted by atomic mass is 16.5. The summed E-state index contributed by atoms with van der Waals surface area (Å²) in [6.45, 7) is 3.03. The normalized spacial score (nSPS) is 20.6. The Morgan fingerprint density at radius 2 is 1.93 bits per heavy atom. The van der Waals surface area contributed by atoms with Crippen LogP contribution in [0.5, 0.6) is 0 Å². The second kappa shape index (κ2) is 7.56. The third kappa shape index (κ3) is 3.29. The molecule has 1 atom stereocenters. The average molecular weight is 389 g/mol. The van der Waals surface area contributed by atoms with E-state index >= 15 is 0 Å². The van der Waals surface area contributed by atoms with E-state index in [1.165, 1.54) is 16.5 Å². The molecule has 0 aliphatic carbocycles. The third-order valence-electron chi connectivity index (χ3n) is 6.60. The molecule has 5 heteroatoms. The second-order valence-electron chi connectivity index (χ2n) is 8.25. The summed E-state index contributed by atoms with van der Waals surface area (Å²) in [5.74, 6) is 0. The lowest BCUT2D eigenvalue weighted by atomic mass is 9.64. The molecule has 1 unspecified atom stereocenters. The Kier molecular flexibility index (Phi) is 4.76. The molecule has 2 aromatic carbocycles. The maximum atomic E-state index is 13.0. The van der Waals surface area contributed by atoms with Gasteiger partial charge in [0.2, 0.25) is 0 Å². The highest BCUT2D eigenvalue weighted by molar-refractivity contribution is 5.83. The minimum Gasteiger partial charge on any atom is -0.381 e. The van der Waals surface area contributed by atoms with Gasteiger partial charge in [0, 0.05) is 48.8 Å². The molecule has 2 amide bonds. The van der Waals surface area contributed by atoms with Crippen LogP contribution in [0.2, 0.25) is 0 Å². The number of likely N-dealkylation sites (tertiary alicyclic amines) is 1. The van der Waals surface area contributed by atoms with E-state index in [4.69, 9.17) is 4.74 Å². The van der Waals surface area contributed by atoms with Gasteiger partial charge in [-0.3, -0.25) is 0 Å². The first-order valence-corrected chi connectivity index (χ1v) is 10.5. The van der Waals surface area contributed by atoms with Crippen LogP contribution in [0.1, 0.15) is 30.0 Å². The van der Waals surface area contributed by atoms with E-state index in [1.807, 2.05) is 17.2 Å². The summed E-state index contributed by atoms with van der Waals surface area (Å²) >= 11 is 0. The maximum absolute atomic E-state index is 13.0. The number of amides is 2. The molecule has 2 aliphatic heterocycles. The van der Waals surface area contributed by atoms with Gasteiger partial charge in [-0.2, -0.15) is 0 Å². The Morgan fingerprint density at radius 1 is 1.10 bits per heavy atom. The van der Waals surface area contributed by atoms with Gasteiger partial charge in [0.05, 0.1) is 6.04 Å². The predicted molar refractivity (Wildman–Crippen MR) is 114 cm³/mol. The van der Waals surface area contributed by atoms with Crippen LogP contribution in [0, 0.1) is 5.41 Å². The van der Waals surface area contributed by atoms with Gasteiger partial charge in [0.25, 0.3) is 0 Å². The Bertz CT molecular complexity index is 992. The number of aromatic amines is 1. The molecule has 1 aromatic heterocycles. The first-order chi connectivity index (χ1) is 14.3. The molecule has 3 aromatic rings. The van der Waals surface area contributed by atoms with Crippen molar-refractivity contribution in [3.05, 3.63) is 71.9 Å². The Hall–Kier alpha value is -2.79. The van der Waals surface area contributed by atoms with E-state index in [1.54, 1.807) is 0 Å². The van der Waals surface area contributed by atoms with E-state index in [0.29, 0.717) is 6.54 Å². The van der Waals surface area contributed by atoms with Crippen LogP contribution in [0.15, 0.2) is 60.8 Å². The molecule has 0 radical (unpaired) electrons. The number of H-pyrrole nitrogens is 1. The van der Waals surface area contributed by atoms with Crippen molar-refractivity contribution >= 4 is 16.9 Å². The van der Waals surface area contributed by atoms with Crippen molar-refractivity contribution in [2.45, 2.75) is 25.3 Å². The summed E-state index contributed by atoms with van der Waals surface area (Å²) in [6, 6.07) is 19.0. The summed E-state index contributed by atoms with van der Waals surface area (Å²) in [6.07, 6.45) is 4.83. The van der Waals surface area contributed by atoms with Crippen molar-refractivity contribution in [1.29, 1.82) is 0 Å². The average Bonchev–Trinajstić information content (AvgIpc) is 3.23. The first kappa shape index (κ1) is 18.3. The standard InChI is InChI=1S/C24H27N3O2/c28-23(26-13-9-18-7-4-8-21-20(18)10-14-25-21)27-17-24(11-15-29-16-12-24)22(27)19-5-2-1-3-6-19/h1-8,10,14,22,25H,9,11-13,15-17H2,(H,26,28). The van der Waals surface area contributed by atoms with Crippen LogP contribution in [0.4, 0.5) is 4.79 Å². The number of fused-ring (bicyclic) bond motifs is 1. The fourth-order valence-electron chi connectivity index (χ4n) is 5.08. The summed E-state index contributed by atoms with van der Waals surface area (Å²) in [7, 11) is 0. The number of aromatic nitrogens is 1. The number of carbonyl (C=O) groups excluding carboxylic acids is 1. The van der Waals surface area contributed by atoms with Gasteiger partial charge in [-0.1, -0.05) is 42.5 Å². The molecule has 5 rings (SSSR count). The summed E-state index contributed by atoms with van der Waals surface area (Å²) in [5.41, 5.74) is 3.79. The summed E-state index contributed by atoms with van der Waals surface area (Å²) < 4.78 is 5.60. The van der Waals surface area contributed by atoms with Crippen molar-refractivity contribution in [3.63, 3.8) is 0 Å². The number of rotatable bonds is 4. The van der Waals surface area contributed by atoms with Gasteiger partial charge < -0.3 is 19.9 Å². The highest BCUT2D eigenvalue weighted by Gasteiger charge is 2.55. The number of hydrogen-bond donors (Lipinski definition) is 2. The zero-order valence-corrected chi connectivity index (χ0v) is 16.6. The van der Waals surface area contributed by atoms with Gasteiger partial charge in [0.15, 0.2) is 0 Å². The zero-order chi connectivity index (χ0) is 19.7. The van der Waals surface area contributed by atoms with E-state index in [2.05, 4.69) is 58.8 Å². The minimum atomic E-state index is 0.0391. The summed E-state index contributed by atoms with van der Waals surface area (Å²) in [5, 5.41) is 4.39. The van der Waals surface area contributed by atoms with Crippen molar-refractivity contribution in [1.82, 2.24) is 15.2 Å². The van der Waals surface area contributed by atoms with Gasteiger partial charge in [-0.15, -0.1) is 0 Å². The van der Waals surface area contributed by atoms with Crippen LogP contribution < -0.4 is 5.32 Å². The quantitative estimate of drug-likeness (QED) is 0.700. The second-order valence-corrected chi connectivity index (χ2v) is 8.25. The number of nitrogens with zero attached hydrogens (tertiary/aromatic N) is 1. The molecule has 2 N–H and O–H groups in total. The molecule has 3 heterocycles. The van der Waals surface area contributed by atoms with E-state index < -0.39 is 0 Å². The van der Waals surface area contributed by atoms with Gasteiger partial charge in [0.1, 0.15) is 0 Å². The summed E-state index contributed by atoms with van der Waals surface area (Å²) in [4.78, 5) is 18.3. The largest absolute Gasteiger partial charge is 0.381 e. The van der Waals surface area contributed by atoms with Crippen LogP contribution in [-0.4, -0.2) is 42.2 Å². The lowest BCUT2D eigenvalue weighted by Gasteiger charge is -2.59. The molecule has 2 saturated heterocycles. The number of carbonyl (C=O) groups is 1. The minimum absolute atomic E-state index is 0.0391. The molecule has 5 nitrogen and oxygen atoms in total. The molecule has 2 aliphatic rings. The molecule has 0 saturated carbocycles. The molecular weight excluding hydrogens is 362 g/mol. The maximum Gasteiger partial charge on any atom is 0.317 e. The van der Waals surface area contributed by atoms with Crippen molar-refractivity contribution < 1.29 is 9.53 Å². The molecule has 0 bridgehead atoms. The molecule has 1 spiro atoms. The van der Waals surface area contributed by atoms with Crippen LogP contribution in [0.25, 0.3) is 10.9 Å². The molecule has 150 valence electrons. The fourth-order valence-corrected chi connectivity index (χ4v) is 5.08. The fraction of sp³-hybridized carbons (Fsp3) is 0.375. The number of urea groups is 1. The topological polar surface area (TPSA) is 57.4 Å². The lowest BCUT2D eigenvalue weighted by molar-refractivity contribution is -0.111. The van der Waals surface area contributed by atoms with E-state index in [9.17, 15) is 4.79 Å². The van der Waals surface area contributed by atoms with E-state index in [0.717, 1.165) is 44.5 Å². The van der Waals surface area contributed by atoms with E-state index in [-0.39, 0.29) is 17.5 Å². The Morgan fingerprint density at radius 3 is 2.76 bits per heavy atom. The zero-order valence-electron chi connectivity index (χ0n) is 16.6. The number of hydrogen-bond acceptors (Lipinski definition) is 2. The molecular formula is C24H27N3O2. The Balaban J connectivity index is 1.27. The smallest absolute Gasteiger partial charge is 0.317 e. The SMILES string of the molecule is O=C(NCCc1cccc2[nH]ccc12)N1CC2(CCOCC2)C1c1ccccc1. The monoisotopic (exact) mass is 389 g/mol. The van der Waals surface area contributed by atoms with Crippen LogP contribution in [-0.2, 0) is 11.2 Å². The number of ether oxygens (including phenoxy) is 1. The Labute approximate surface area is 171 Å². The molecule has 2 fully saturated rings. The van der Waals surface area contributed by atoms with Crippen LogP contribution in [0.3, 0.4) is 0 Å². The predicted octanol–water partition coefficient (Wildman–Crippen LogP) is 4.27.